The molecule has 0 saturated carbocycles. The van der Waals surface area contributed by atoms with Gasteiger partial charge in [0.2, 0.25) is 6.79 Å². The van der Waals surface area contributed by atoms with Gasteiger partial charge in [-0.15, -0.1) is 0 Å². The van der Waals surface area contributed by atoms with Gasteiger partial charge in [0.1, 0.15) is 4.47 Å². The van der Waals surface area contributed by atoms with Crippen LogP contribution in [-0.4, -0.2) is 13.9 Å². The molecule has 13 heavy (non-hydrogen) atoms. The maximum atomic E-state index is 5.92. The molecule has 0 aliphatic carbocycles. The lowest BCUT2D eigenvalue weighted by Crippen LogP contribution is -1.93. The van der Waals surface area contributed by atoms with Crippen LogP contribution in [0.1, 0.15) is 0 Å². The van der Waals surface area contributed by atoms with Crippen molar-refractivity contribution in [2.45, 2.75) is 0 Å². The zero-order valence-electron chi connectivity index (χ0n) is 6.77. The molecule has 0 radical (unpaired) electrons. The van der Waals surface area contributed by atoms with Crippen LogP contribution in [0.15, 0.2) is 10.5 Å². The zero-order valence-corrected chi connectivity index (χ0v) is 9.11. The molecule has 1 aromatic rings. The summed E-state index contributed by atoms with van der Waals surface area (Å²) in [5.74, 6) is 1.84. The summed E-state index contributed by atoms with van der Waals surface area (Å²) in [4.78, 5) is 0. The predicted octanol–water partition coefficient (Wildman–Crippen LogP) is 2.84. The van der Waals surface area contributed by atoms with E-state index in [9.17, 15) is 0 Å². The monoisotopic (exact) mass is 264 g/mol. The second kappa shape index (κ2) is 3.27. The molecule has 0 fully saturated rings. The predicted molar refractivity (Wildman–Crippen MR) is 51.8 cm³/mol. The van der Waals surface area contributed by atoms with Crippen molar-refractivity contribution in [3.8, 4) is 17.2 Å². The molecule has 70 valence electrons. The lowest BCUT2D eigenvalue weighted by molar-refractivity contribution is 0.173. The number of methoxy groups -OCH3 is 1. The first-order chi connectivity index (χ1) is 6.24. The number of hydrogen-bond acceptors (Lipinski definition) is 3. The van der Waals surface area contributed by atoms with E-state index in [0.717, 1.165) is 0 Å². The summed E-state index contributed by atoms with van der Waals surface area (Å²) in [6, 6.07) is 1.67. The van der Waals surface area contributed by atoms with Crippen molar-refractivity contribution in [2.75, 3.05) is 13.9 Å². The molecule has 0 amide bonds. The Bertz CT molecular complexity index is 350. The molecule has 1 aliphatic rings. The fourth-order valence-corrected chi connectivity index (χ4v) is 2.21. The minimum Gasteiger partial charge on any atom is -0.494 e. The topological polar surface area (TPSA) is 27.7 Å². The van der Waals surface area contributed by atoms with E-state index in [0.29, 0.717) is 26.7 Å². The Morgan fingerprint density at radius 1 is 1.54 bits per heavy atom. The van der Waals surface area contributed by atoms with Gasteiger partial charge in [-0.25, -0.2) is 0 Å². The molecule has 5 heteroatoms. The SMILES string of the molecule is COc1c(Cl)cc2c(c1Br)OCO2. The quantitative estimate of drug-likeness (QED) is 0.781. The van der Waals surface area contributed by atoms with Crippen molar-refractivity contribution in [3.05, 3.63) is 15.6 Å². The van der Waals surface area contributed by atoms with Gasteiger partial charge >= 0.3 is 0 Å². The molecule has 1 aromatic carbocycles. The van der Waals surface area contributed by atoms with E-state index in [1.165, 1.54) is 0 Å². The molecule has 0 saturated heterocycles. The molecule has 0 aromatic heterocycles. The third kappa shape index (κ3) is 1.34. The molecule has 0 N–H and O–H groups in total. The van der Waals surface area contributed by atoms with Crippen molar-refractivity contribution in [2.24, 2.45) is 0 Å². The Kier molecular flexibility index (Phi) is 2.26. The maximum absolute atomic E-state index is 5.92. The highest BCUT2D eigenvalue weighted by molar-refractivity contribution is 9.10. The van der Waals surface area contributed by atoms with Gasteiger partial charge in [-0.2, -0.15) is 0 Å². The first kappa shape index (κ1) is 8.97. The number of fused-ring (bicyclic) bond motifs is 1. The fourth-order valence-electron chi connectivity index (χ4n) is 1.14. The van der Waals surface area contributed by atoms with Gasteiger partial charge in [0, 0.05) is 6.07 Å². The van der Waals surface area contributed by atoms with Crippen LogP contribution in [-0.2, 0) is 0 Å². The van der Waals surface area contributed by atoms with Crippen molar-refractivity contribution < 1.29 is 14.2 Å². The third-order valence-electron chi connectivity index (χ3n) is 1.72. The third-order valence-corrected chi connectivity index (χ3v) is 2.72. The molecule has 3 nitrogen and oxygen atoms in total. The average Bonchev–Trinajstić information content (AvgIpc) is 2.53. The summed E-state index contributed by atoms with van der Waals surface area (Å²) < 4.78 is 16.2. The highest BCUT2D eigenvalue weighted by Gasteiger charge is 2.22. The summed E-state index contributed by atoms with van der Waals surface area (Å²) in [6.07, 6.45) is 0. The first-order valence-electron chi connectivity index (χ1n) is 3.55. The molecule has 1 aliphatic heterocycles. The Morgan fingerprint density at radius 2 is 2.31 bits per heavy atom. The minimum atomic E-state index is 0.220. The molecule has 0 atom stereocenters. The summed E-state index contributed by atoms with van der Waals surface area (Å²) in [5, 5.41) is 0.499. The smallest absolute Gasteiger partial charge is 0.231 e. The molecule has 0 bridgehead atoms. The highest BCUT2D eigenvalue weighted by atomic mass is 79.9. The van der Waals surface area contributed by atoms with Crippen molar-refractivity contribution in [1.29, 1.82) is 0 Å². The van der Waals surface area contributed by atoms with E-state index in [-0.39, 0.29) is 6.79 Å². The fraction of sp³-hybridized carbons (Fsp3) is 0.250. The largest absolute Gasteiger partial charge is 0.494 e. The standard InChI is InChI=1S/C8H6BrClO3/c1-11-7-4(10)2-5-8(6(7)9)13-3-12-5/h2H,3H2,1H3. The van der Waals surface area contributed by atoms with Crippen LogP contribution in [0.4, 0.5) is 0 Å². The number of benzene rings is 1. The van der Waals surface area contributed by atoms with Crippen molar-refractivity contribution in [1.82, 2.24) is 0 Å². The summed E-state index contributed by atoms with van der Waals surface area (Å²) in [5.41, 5.74) is 0. The molecule has 2 rings (SSSR count). The lowest BCUT2D eigenvalue weighted by atomic mass is 10.3. The maximum Gasteiger partial charge on any atom is 0.231 e. The van der Waals surface area contributed by atoms with E-state index < -0.39 is 0 Å². The van der Waals surface area contributed by atoms with Crippen LogP contribution in [0, 0.1) is 0 Å². The van der Waals surface area contributed by atoms with E-state index in [4.69, 9.17) is 25.8 Å². The average molecular weight is 265 g/mol. The number of rotatable bonds is 1. The van der Waals surface area contributed by atoms with Crippen LogP contribution < -0.4 is 14.2 Å². The molecule has 0 unspecified atom stereocenters. The van der Waals surface area contributed by atoms with Crippen LogP contribution in [0.25, 0.3) is 0 Å². The Balaban J connectivity index is 2.62. The highest BCUT2D eigenvalue weighted by Crippen LogP contribution is 2.48. The number of ether oxygens (including phenoxy) is 3. The normalized spacial score (nSPS) is 13.2. The van der Waals surface area contributed by atoms with E-state index >= 15 is 0 Å². The number of hydrogen-bond donors (Lipinski definition) is 0. The molecular weight excluding hydrogens is 259 g/mol. The molecule has 0 spiro atoms. The van der Waals surface area contributed by atoms with Crippen LogP contribution >= 0.6 is 27.5 Å². The van der Waals surface area contributed by atoms with E-state index in [1.54, 1.807) is 13.2 Å². The van der Waals surface area contributed by atoms with Gasteiger partial charge in [-0.3, -0.25) is 0 Å². The summed E-state index contributed by atoms with van der Waals surface area (Å²) in [7, 11) is 1.55. The zero-order chi connectivity index (χ0) is 9.42. The van der Waals surface area contributed by atoms with E-state index in [2.05, 4.69) is 15.9 Å². The minimum absolute atomic E-state index is 0.220. The van der Waals surface area contributed by atoms with Crippen LogP contribution in [0.2, 0.25) is 5.02 Å². The van der Waals surface area contributed by atoms with Gasteiger partial charge in [0.05, 0.1) is 12.1 Å². The second-order valence-electron chi connectivity index (χ2n) is 2.44. The molecular formula is C8H6BrClO3. The van der Waals surface area contributed by atoms with Gasteiger partial charge in [0.25, 0.3) is 0 Å². The Hall–Kier alpha value is -0.610. The van der Waals surface area contributed by atoms with Gasteiger partial charge < -0.3 is 14.2 Å². The van der Waals surface area contributed by atoms with Gasteiger partial charge in [-0.1, -0.05) is 11.6 Å². The second-order valence-corrected chi connectivity index (χ2v) is 3.64. The first-order valence-corrected chi connectivity index (χ1v) is 4.72. The van der Waals surface area contributed by atoms with E-state index in [1.807, 2.05) is 0 Å². The van der Waals surface area contributed by atoms with Crippen molar-refractivity contribution in [3.63, 3.8) is 0 Å². The van der Waals surface area contributed by atoms with Crippen molar-refractivity contribution >= 4 is 27.5 Å². The molecule has 1 heterocycles. The Labute approximate surface area is 88.7 Å². The van der Waals surface area contributed by atoms with Crippen LogP contribution in [0.3, 0.4) is 0 Å². The summed E-state index contributed by atoms with van der Waals surface area (Å²) >= 11 is 9.25. The lowest BCUT2D eigenvalue weighted by Gasteiger charge is -2.07. The summed E-state index contributed by atoms with van der Waals surface area (Å²) in [6.45, 7) is 0.220. The van der Waals surface area contributed by atoms with Gasteiger partial charge in [0.15, 0.2) is 17.2 Å². The van der Waals surface area contributed by atoms with Crippen LogP contribution in [0.5, 0.6) is 17.2 Å². The number of halogens is 2. The van der Waals surface area contributed by atoms with Gasteiger partial charge in [-0.05, 0) is 15.9 Å². The Morgan fingerprint density at radius 3 is 3.00 bits per heavy atom.